The number of carbonyl (C=O) groups excluding carboxylic acids is 1. The van der Waals surface area contributed by atoms with Gasteiger partial charge in [0, 0.05) is 23.3 Å². The molecule has 1 N–H and O–H groups in total. The first-order valence-electron chi connectivity index (χ1n) is 13.9. The molecule has 0 aliphatic heterocycles. The van der Waals surface area contributed by atoms with Crippen LogP contribution in [-0.2, 0) is 16.6 Å². The number of rotatable bonds is 0. The molecule has 4 nitrogen and oxygen atoms in total. The largest absolute Gasteiger partial charge is 0.390 e. The van der Waals surface area contributed by atoms with Crippen LogP contribution in [0.2, 0.25) is 0 Å². The Morgan fingerprint density at radius 1 is 0.941 bits per heavy atom. The zero-order valence-corrected chi connectivity index (χ0v) is 22.5. The van der Waals surface area contributed by atoms with Gasteiger partial charge in [0.2, 0.25) is 0 Å². The number of carbonyl (C=O) groups is 1. The normalized spacial score (nSPS) is 50.9. The number of aromatic nitrogens is 1. The van der Waals surface area contributed by atoms with Gasteiger partial charge in [0.25, 0.3) is 0 Å². The SMILES string of the molecule is CC1(C)CC[C@]2(O)CC[C@]3(C)C(C(=O)C[C@@H]4[C@@]5(C)Cc6cnoc6C(C)(C)[C@@H]5CC[C@]43C)C2C1. The Bertz CT molecular complexity index is 1040. The maximum absolute atomic E-state index is 14.3. The van der Waals surface area contributed by atoms with E-state index in [4.69, 9.17) is 4.52 Å². The summed E-state index contributed by atoms with van der Waals surface area (Å²) in [5.41, 5.74) is 0.840. The van der Waals surface area contributed by atoms with Crippen molar-refractivity contribution in [1.82, 2.24) is 5.16 Å². The maximum atomic E-state index is 14.3. The van der Waals surface area contributed by atoms with Gasteiger partial charge in [-0.25, -0.2) is 0 Å². The van der Waals surface area contributed by atoms with Crippen LogP contribution in [0.4, 0.5) is 0 Å². The molecule has 2 unspecified atom stereocenters. The summed E-state index contributed by atoms with van der Waals surface area (Å²) in [6, 6.07) is 0. The van der Waals surface area contributed by atoms with Crippen molar-refractivity contribution in [2.75, 3.05) is 0 Å². The van der Waals surface area contributed by atoms with Gasteiger partial charge in [-0.15, -0.1) is 0 Å². The predicted octanol–water partition coefficient (Wildman–Crippen LogP) is 6.49. The van der Waals surface area contributed by atoms with E-state index in [9.17, 15) is 9.90 Å². The number of ketones is 1. The van der Waals surface area contributed by atoms with Gasteiger partial charge < -0.3 is 9.63 Å². The number of fused-ring (bicyclic) bond motifs is 8. The van der Waals surface area contributed by atoms with Crippen LogP contribution in [0.3, 0.4) is 0 Å². The fourth-order valence-electron chi connectivity index (χ4n) is 11.0. The predicted molar refractivity (Wildman–Crippen MR) is 132 cm³/mol. The Kier molecular flexibility index (Phi) is 4.50. The van der Waals surface area contributed by atoms with Crippen LogP contribution in [0.25, 0.3) is 0 Å². The second-order valence-corrected chi connectivity index (χ2v) is 15.3. The van der Waals surface area contributed by atoms with Gasteiger partial charge >= 0.3 is 0 Å². The standard InChI is InChI=1S/C30H45NO3/c1-25(2)10-12-30(33)13-11-29(7)23(19(30)16-25)20(32)14-22-27(5)15-18-17-31-34-24(18)26(3,4)21(27)8-9-28(22,29)6/h17,19,21-23,33H,8-16H2,1-7H3/t19?,21-,22+,23?,27-,28+,29+,30-/m0/s1. The molecule has 5 aliphatic carbocycles. The summed E-state index contributed by atoms with van der Waals surface area (Å²) in [7, 11) is 0. The lowest BCUT2D eigenvalue weighted by molar-refractivity contribution is -0.241. The van der Waals surface area contributed by atoms with E-state index in [-0.39, 0.29) is 38.9 Å². The van der Waals surface area contributed by atoms with Crippen LogP contribution < -0.4 is 0 Å². The van der Waals surface area contributed by atoms with Crippen LogP contribution in [0.15, 0.2) is 10.7 Å². The van der Waals surface area contributed by atoms with Gasteiger partial charge in [-0.3, -0.25) is 4.79 Å². The summed E-state index contributed by atoms with van der Waals surface area (Å²) in [4.78, 5) is 14.3. The summed E-state index contributed by atoms with van der Waals surface area (Å²) >= 11 is 0. The summed E-state index contributed by atoms with van der Waals surface area (Å²) in [5, 5.41) is 16.0. The van der Waals surface area contributed by atoms with Crippen molar-refractivity contribution in [1.29, 1.82) is 0 Å². The minimum Gasteiger partial charge on any atom is -0.390 e. The number of hydrogen-bond donors (Lipinski definition) is 1. The number of Topliss-reactive ketones (excluding diaryl/α,β-unsaturated/α-hetero) is 1. The lowest BCUT2D eigenvalue weighted by Crippen LogP contribution is -2.70. The van der Waals surface area contributed by atoms with Gasteiger partial charge in [0.1, 0.15) is 11.5 Å². The van der Waals surface area contributed by atoms with Crippen LogP contribution in [0.5, 0.6) is 0 Å². The monoisotopic (exact) mass is 467 g/mol. The second kappa shape index (κ2) is 6.58. The van der Waals surface area contributed by atoms with Crippen LogP contribution in [0, 0.1) is 45.3 Å². The molecule has 4 heteroatoms. The third-order valence-corrected chi connectivity index (χ3v) is 12.9. The molecule has 188 valence electrons. The Balaban J connectivity index is 1.45. The lowest BCUT2D eigenvalue weighted by Gasteiger charge is -2.72. The fourth-order valence-corrected chi connectivity index (χ4v) is 11.0. The van der Waals surface area contributed by atoms with Crippen molar-refractivity contribution in [2.45, 2.75) is 117 Å². The average molecular weight is 468 g/mol. The van der Waals surface area contributed by atoms with E-state index < -0.39 is 5.60 Å². The van der Waals surface area contributed by atoms with E-state index in [1.807, 2.05) is 6.20 Å². The first kappa shape index (κ1) is 23.3. The van der Waals surface area contributed by atoms with E-state index in [2.05, 4.69) is 53.6 Å². The minimum absolute atomic E-state index is 0.00465. The third kappa shape index (κ3) is 2.65. The highest BCUT2D eigenvalue weighted by Crippen LogP contribution is 2.75. The van der Waals surface area contributed by atoms with Gasteiger partial charge in [0.15, 0.2) is 0 Å². The molecular formula is C30H45NO3. The molecule has 1 aromatic heterocycles. The van der Waals surface area contributed by atoms with Gasteiger partial charge in [-0.05, 0) is 90.8 Å². The highest BCUT2D eigenvalue weighted by atomic mass is 16.5. The summed E-state index contributed by atoms with van der Waals surface area (Å²) in [5.74, 6) is 2.46. The molecule has 0 spiro atoms. The molecule has 8 atom stereocenters. The highest BCUT2D eigenvalue weighted by molar-refractivity contribution is 5.84. The molecule has 4 saturated carbocycles. The van der Waals surface area contributed by atoms with E-state index in [1.54, 1.807) is 0 Å². The third-order valence-electron chi connectivity index (χ3n) is 12.9. The van der Waals surface area contributed by atoms with E-state index >= 15 is 0 Å². The number of nitrogens with zero attached hydrogens (tertiary/aromatic N) is 1. The molecule has 0 amide bonds. The Hall–Kier alpha value is -1.16. The van der Waals surface area contributed by atoms with E-state index in [1.165, 1.54) is 18.4 Å². The second-order valence-electron chi connectivity index (χ2n) is 15.3. The van der Waals surface area contributed by atoms with Crippen LogP contribution in [-0.4, -0.2) is 21.6 Å². The molecule has 6 rings (SSSR count). The molecule has 5 aliphatic rings. The quantitative estimate of drug-likeness (QED) is 0.473. The molecule has 0 saturated heterocycles. The van der Waals surface area contributed by atoms with E-state index in [0.29, 0.717) is 24.0 Å². The zero-order chi connectivity index (χ0) is 24.5. The first-order valence-corrected chi connectivity index (χ1v) is 13.9. The van der Waals surface area contributed by atoms with Crippen molar-refractivity contribution >= 4 is 5.78 Å². The number of hydrogen-bond acceptors (Lipinski definition) is 4. The topological polar surface area (TPSA) is 63.3 Å². The highest BCUT2D eigenvalue weighted by Gasteiger charge is 2.72. The smallest absolute Gasteiger partial charge is 0.145 e. The first-order chi connectivity index (χ1) is 15.7. The fraction of sp³-hybridized carbons (Fsp3) is 0.867. The van der Waals surface area contributed by atoms with E-state index in [0.717, 1.165) is 44.3 Å². The summed E-state index contributed by atoms with van der Waals surface area (Å²) in [6.45, 7) is 16.8. The van der Waals surface area contributed by atoms with Crippen LogP contribution in [0.1, 0.15) is 111 Å². The van der Waals surface area contributed by atoms with Crippen LogP contribution >= 0.6 is 0 Å². The molecular weight excluding hydrogens is 422 g/mol. The van der Waals surface area contributed by atoms with Crippen molar-refractivity contribution in [3.63, 3.8) is 0 Å². The molecule has 34 heavy (non-hydrogen) atoms. The maximum Gasteiger partial charge on any atom is 0.145 e. The summed E-state index contributed by atoms with van der Waals surface area (Å²) in [6.07, 6.45) is 10.7. The zero-order valence-electron chi connectivity index (χ0n) is 22.5. The molecule has 4 fully saturated rings. The molecule has 1 aromatic rings. The Morgan fingerprint density at radius 3 is 2.38 bits per heavy atom. The molecule has 1 heterocycles. The number of aliphatic hydroxyl groups is 1. The van der Waals surface area contributed by atoms with Crippen molar-refractivity contribution in [3.8, 4) is 0 Å². The van der Waals surface area contributed by atoms with Gasteiger partial charge in [0.05, 0.1) is 11.8 Å². The van der Waals surface area contributed by atoms with Gasteiger partial charge in [-0.2, -0.15) is 0 Å². The van der Waals surface area contributed by atoms with Crippen molar-refractivity contribution in [3.05, 3.63) is 17.5 Å². The Labute approximate surface area is 205 Å². The average Bonchev–Trinajstić information content (AvgIpc) is 3.20. The van der Waals surface area contributed by atoms with Gasteiger partial charge in [-0.1, -0.05) is 53.6 Å². The Morgan fingerprint density at radius 2 is 1.65 bits per heavy atom. The van der Waals surface area contributed by atoms with Crippen molar-refractivity contribution in [2.24, 2.45) is 45.3 Å². The molecule has 0 aromatic carbocycles. The lowest BCUT2D eigenvalue weighted by atomic mass is 9.32. The van der Waals surface area contributed by atoms with Crippen molar-refractivity contribution < 1.29 is 14.4 Å². The molecule has 0 bridgehead atoms. The summed E-state index contributed by atoms with van der Waals surface area (Å²) < 4.78 is 5.80. The minimum atomic E-state index is -0.649. The molecule has 0 radical (unpaired) electrons.